The molecule has 0 radical (unpaired) electrons. The molecule has 0 saturated carbocycles. The third kappa shape index (κ3) is 6.50. The van der Waals surface area contributed by atoms with Crippen LogP contribution in [0.3, 0.4) is 0 Å². The standard InChI is InChI=1S/C13H18Cl2N2O4S/c1-21-7-3-6-17(22(2,19)20)9-13(18)16-12-5-4-10(14)8-11(12)15/h4-5,8H,3,6-7,9H2,1-2H3,(H,16,18). The van der Waals surface area contributed by atoms with E-state index in [1.807, 2.05) is 0 Å². The van der Waals surface area contributed by atoms with Crippen molar-refractivity contribution in [3.63, 3.8) is 0 Å². The third-order valence-electron chi connectivity index (χ3n) is 2.75. The molecule has 0 heterocycles. The number of carbonyl (C=O) groups is 1. The molecule has 0 atom stereocenters. The molecule has 6 nitrogen and oxygen atoms in total. The number of methoxy groups -OCH3 is 1. The van der Waals surface area contributed by atoms with E-state index >= 15 is 0 Å². The van der Waals surface area contributed by atoms with Crippen LogP contribution in [0.25, 0.3) is 0 Å². The summed E-state index contributed by atoms with van der Waals surface area (Å²) in [6.45, 7) is 0.326. The summed E-state index contributed by atoms with van der Waals surface area (Å²) in [5.41, 5.74) is 0.376. The molecule has 1 aromatic carbocycles. The number of sulfonamides is 1. The normalized spacial score (nSPS) is 11.7. The Kier molecular flexibility index (Phi) is 7.58. The van der Waals surface area contributed by atoms with Crippen molar-refractivity contribution in [3.05, 3.63) is 28.2 Å². The molecule has 0 fully saturated rings. The fourth-order valence-corrected chi connectivity index (χ4v) is 2.96. The van der Waals surface area contributed by atoms with Crippen LogP contribution in [0.5, 0.6) is 0 Å². The predicted molar refractivity (Wildman–Crippen MR) is 88.0 cm³/mol. The maximum Gasteiger partial charge on any atom is 0.239 e. The summed E-state index contributed by atoms with van der Waals surface area (Å²) in [6, 6.07) is 4.62. The fourth-order valence-electron chi connectivity index (χ4n) is 1.69. The summed E-state index contributed by atoms with van der Waals surface area (Å²) in [5, 5.41) is 3.29. The molecule has 0 spiro atoms. The van der Waals surface area contributed by atoms with Gasteiger partial charge in [-0.05, 0) is 24.6 Å². The molecule has 0 aromatic heterocycles. The van der Waals surface area contributed by atoms with Crippen molar-refractivity contribution in [1.82, 2.24) is 4.31 Å². The first-order valence-electron chi connectivity index (χ1n) is 6.43. The number of nitrogens with zero attached hydrogens (tertiary/aromatic N) is 1. The highest BCUT2D eigenvalue weighted by Gasteiger charge is 2.20. The van der Waals surface area contributed by atoms with Crippen LogP contribution < -0.4 is 5.32 Å². The van der Waals surface area contributed by atoms with Crippen molar-refractivity contribution >= 4 is 44.8 Å². The first-order chi connectivity index (χ1) is 10.2. The van der Waals surface area contributed by atoms with Gasteiger partial charge in [-0.25, -0.2) is 8.42 Å². The van der Waals surface area contributed by atoms with Gasteiger partial charge in [-0.15, -0.1) is 0 Å². The lowest BCUT2D eigenvalue weighted by atomic mass is 10.3. The Morgan fingerprint density at radius 1 is 1.36 bits per heavy atom. The van der Waals surface area contributed by atoms with E-state index in [4.69, 9.17) is 27.9 Å². The smallest absolute Gasteiger partial charge is 0.239 e. The SMILES string of the molecule is COCCCN(CC(=O)Nc1ccc(Cl)cc1Cl)S(C)(=O)=O. The van der Waals surface area contributed by atoms with Crippen molar-refractivity contribution in [2.75, 3.05) is 38.4 Å². The topological polar surface area (TPSA) is 75.7 Å². The van der Waals surface area contributed by atoms with E-state index in [-0.39, 0.29) is 18.1 Å². The van der Waals surface area contributed by atoms with Gasteiger partial charge in [0.2, 0.25) is 15.9 Å². The first-order valence-corrected chi connectivity index (χ1v) is 9.03. The zero-order valence-electron chi connectivity index (χ0n) is 12.3. The number of benzene rings is 1. The molecule has 1 amide bonds. The summed E-state index contributed by atoms with van der Waals surface area (Å²) < 4.78 is 29.3. The Morgan fingerprint density at radius 2 is 2.05 bits per heavy atom. The van der Waals surface area contributed by atoms with Gasteiger partial charge in [-0.3, -0.25) is 4.79 Å². The summed E-state index contributed by atoms with van der Waals surface area (Å²) in [4.78, 5) is 12.0. The molecule has 22 heavy (non-hydrogen) atoms. The number of hydrogen-bond donors (Lipinski definition) is 1. The maximum absolute atomic E-state index is 12.0. The second kappa shape index (κ2) is 8.69. The molecule has 1 aromatic rings. The minimum absolute atomic E-state index is 0.203. The Hall–Kier alpha value is -0.860. The fraction of sp³-hybridized carbons (Fsp3) is 0.462. The van der Waals surface area contributed by atoms with Gasteiger partial charge < -0.3 is 10.1 Å². The average Bonchev–Trinajstić information content (AvgIpc) is 2.40. The first kappa shape index (κ1) is 19.2. The summed E-state index contributed by atoms with van der Waals surface area (Å²) in [5.74, 6) is -0.480. The van der Waals surface area contributed by atoms with E-state index in [1.54, 1.807) is 12.1 Å². The van der Waals surface area contributed by atoms with E-state index in [1.165, 1.54) is 13.2 Å². The highest BCUT2D eigenvalue weighted by Crippen LogP contribution is 2.25. The molecular weight excluding hydrogens is 351 g/mol. The molecule has 0 aliphatic carbocycles. The van der Waals surface area contributed by atoms with Crippen molar-refractivity contribution < 1.29 is 17.9 Å². The van der Waals surface area contributed by atoms with Gasteiger partial charge in [0, 0.05) is 25.3 Å². The maximum atomic E-state index is 12.0. The van der Waals surface area contributed by atoms with Crippen LogP contribution in [0, 0.1) is 0 Å². The molecule has 1 N–H and O–H groups in total. The van der Waals surface area contributed by atoms with Crippen LogP contribution in [-0.2, 0) is 19.6 Å². The number of nitrogens with one attached hydrogen (secondary N) is 1. The summed E-state index contributed by atoms with van der Waals surface area (Å²) in [7, 11) is -1.96. The van der Waals surface area contributed by atoms with Gasteiger partial charge in [-0.2, -0.15) is 4.31 Å². The minimum atomic E-state index is -3.49. The Labute approximate surface area is 140 Å². The van der Waals surface area contributed by atoms with Crippen LogP contribution >= 0.6 is 23.2 Å². The molecule has 0 aliphatic rings. The predicted octanol–water partition coefficient (Wildman–Crippen LogP) is 2.23. The zero-order chi connectivity index (χ0) is 16.8. The number of ether oxygens (including phenoxy) is 1. The number of carbonyl (C=O) groups excluding carboxylic acids is 1. The minimum Gasteiger partial charge on any atom is -0.385 e. The van der Waals surface area contributed by atoms with Crippen molar-refractivity contribution in [3.8, 4) is 0 Å². The second-order valence-corrected chi connectivity index (χ2v) is 7.44. The van der Waals surface area contributed by atoms with Gasteiger partial charge in [-0.1, -0.05) is 23.2 Å². The van der Waals surface area contributed by atoms with Crippen molar-refractivity contribution in [2.45, 2.75) is 6.42 Å². The van der Waals surface area contributed by atoms with E-state index in [2.05, 4.69) is 5.32 Å². The molecule has 9 heteroatoms. The molecule has 0 bridgehead atoms. The number of halogens is 2. The molecule has 0 aliphatic heterocycles. The number of anilines is 1. The lowest BCUT2D eigenvalue weighted by Gasteiger charge is -2.19. The van der Waals surface area contributed by atoms with Gasteiger partial charge in [0.1, 0.15) is 0 Å². The number of rotatable bonds is 8. The van der Waals surface area contributed by atoms with Crippen LogP contribution in [-0.4, -0.2) is 51.7 Å². The Balaban J connectivity index is 2.70. The van der Waals surface area contributed by atoms with Crippen LogP contribution in [0.4, 0.5) is 5.69 Å². The van der Waals surface area contributed by atoms with Crippen molar-refractivity contribution in [2.24, 2.45) is 0 Å². The van der Waals surface area contributed by atoms with E-state index in [0.717, 1.165) is 10.6 Å². The quantitative estimate of drug-likeness (QED) is 0.713. The van der Waals surface area contributed by atoms with E-state index in [0.29, 0.717) is 23.7 Å². The average molecular weight is 369 g/mol. The van der Waals surface area contributed by atoms with E-state index < -0.39 is 15.9 Å². The van der Waals surface area contributed by atoms with Gasteiger partial charge in [0.15, 0.2) is 0 Å². The zero-order valence-corrected chi connectivity index (χ0v) is 14.6. The monoisotopic (exact) mass is 368 g/mol. The highest BCUT2D eigenvalue weighted by atomic mass is 35.5. The molecule has 0 unspecified atom stereocenters. The third-order valence-corrected chi connectivity index (χ3v) is 4.55. The van der Waals surface area contributed by atoms with Gasteiger partial charge in [0.25, 0.3) is 0 Å². The molecule has 0 saturated heterocycles. The Morgan fingerprint density at radius 3 is 2.59 bits per heavy atom. The lowest BCUT2D eigenvalue weighted by molar-refractivity contribution is -0.116. The molecule has 124 valence electrons. The second-order valence-electron chi connectivity index (χ2n) is 4.62. The molecule has 1 rings (SSSR count). The van der Waals surface area contributed by atoms with Crippen LogP contribution in [0.1, 0.15) is 6.42 Å². The number of hydrogen-bond acceptors (Lipinski definition) is 4. The summed E-state index contributed by atoms with van der Waals surface area (Å²) in [6.07, 6.45) is 1.56. The van der Waals surface area contributed by atoms with E-state index in [9.17, 15) is 13.2 Å². The lowest BCUT2D eigenvalue weighted by Crippen LogP contribution is -2.38. The van der Waals surface area contributed by atoms with Crippen molar-refractivity contribution in [1.29, 1.82) is 0 Å². The summed E-state index contributed by atoms with van der Waals surface area (Å²) >= 11 is 11.7. The van der Waals surface area contributed by atoms with Gasteiger partial charge in [0.05, 0.1) is 23.5 Å². The van der Waals surface area contributed by atoms with Crippen LogP contribution in [0.15, 0.2) is 18.2 Å². The Bertz CT molecular complexity index is 622. The number of amides is 1. The van der Waals surface area contributed by atoms with Gasteiger partial charge >= 0.3 is 0 Å². The highest BCUT2D eigenvalue weighted by molar-refractivity contribution is 7.88. The van der Waals surface area contributed by atoms with Crippen LogP contribution in [0.2, 0.25) is 10.0 Å². The largest absolute Gasteiger partial charge is 0.385 e. The molecular formula is C13H18Cl2N2O4S.